The van der Waals surface area contributed by atoms with Gasteiger partial charge < -0.3 is 0 Å². The maximum Gasteiger partial charge on any atom is 0.162 e. The van der Waals surface area contributed by atoms with Gasteiger partial charge >= 0.3 is 0 Å². The van der Waals surface area contributed by atoms with Crippen LogP contribution in [0.15, 0.2) is 22.7 Å². The molecule has 0 bridgehead atoms. The molecule has 0 fully saturated rings. The lowest BCUT2D eigenvalue weighted by molar-refractivity contribution is 0.0966. The molecule has 0 saturated heterocycles. The predicted octanol–water partition coefficient (Wildman–Crippen LogP) is 5.11. The Bertz CT molecular complexity index is 393. The molecule has 0 radical (unpaired) electrons. The zero-order chi connectivity index (χ0) is 12.3. The minimum Gasteiger partial charge on any atom is -0.294 e. The number of carbonyl (C=O) groups excluding carboxylic acids is 1. The fourth-order valence-corrected chi connectivity index (χ4v) is 1.73. The smallest absolute Gasteiger partial charge is 0.162 e. The van der Waals surface area contributed by atoms with E-state index >= 15 is 0 Å². The summed E-state index contributed by atoms with van der Waals surface area (Å²) in [5.74, 6) is 0.157. The molecule has 0 N–H and O–H groups in total. The van der Waals surface area contributed by atoms with Gasteiger partial charge in [0, 0.05) is 16.5 Å². The summed E-state index contributed by atoms with van der Waals surface area (Å²) in [4.78, 5) is 11.9. The number of carbonyl (C=O) groups is 1. The van der Waals surface area contributed by atoms with E-state index in [1.54, 1.807) is 12.1 Å². The van der Waals surface area contributed by atoms with Crippen LogP contribution in [0.25, 0.3) is 0 Å². The Labute approximate surface area is 110 Å². The van der Waals surface area contributed by atoms with Gasteiger partial charge in [-0.05, 0) is 39.9 Å². The number of rotatable bonds is 3. The molecule has 16 heavy (non-hydrogen) atoms. The molecule has 0 aliphatic carbocycles. The normalized spacial score (nSPS) is 11.6. The van der Waals surface area contributed by atoms with Crippen LogP contribution < -0.4 is 0 Å². The molecule has 1 aromatic rings. The van der Waals surface area contributed by atoms with E-state index in [0.29, 0.717) is 17.0 Å². The Morgan fingerprint density at radius 2 is 2.00 bits per heavy atom. The van der Waals surface area contributed by atoms with Crippen LogP contribution in [0.2, 0.25) is 5.02 Å². The predicted molar refractivity (Wildman–Crippen MR) is 72.2 cm³/mol. The standard InChI is InChI=1S/C13H16BrClO/c1-13(2,3)7-6-12(16)9-4-5-10(14)11(15)8-9/h4-5,8H,6-7H2,1-3H3. The number of hydrogen-bond donors (Lipinski definition) is 0. The van der Waals surface area contributed by atoms with Gasteiger partial charge in [-0.2, -0.15) is 0 Å². The molecule has 0 aliphatic rings. The maximum atomic E-state index is 11.9. The third kappa shape index (κ3) is 4.26. The zero-order valence-electron chi connectivity index (χ0n) is 9.81. The van der Waals surface area contributed by atoms with Gasteiger partial charge in [0.2, 0.25) is 0 Å². The molecule has 88 valence electrons. The third-order valence-corrected chi connectivity index (χ3v) is 3.58. The highest BCUT2D eigenvalue weighted by Crippen LogP contribution is 2.26. The van der Waals surface area contributed by atoms with Crippen LogP contribution in [0.4, 0.5) is 0 Å². The lowest BCUT2D eigenvalue weighted by Crippen LogP contribution is -2.09. The Hall–Kier alpha value is -0.340. The summed E-state index contributed by atoms with van der Waals surface area (Å²) in [6.45, 7) is 6.40. The van der Waals surface area contributed by atoms with E-state index in [-0.39, 0.29) is 11.2 Å². The Morgan fingerprint density at radius 1 is 1.38 bits per heavy atom. The van der Waals surface area contributed by atoms with Gasteiger partial charge in [-0.3, -0.25) is 4.79 Å². The van der Waals surface area contributed by atoms with E-state index in [1.165, 1.54) is 0 Å². The van der Waals surface area contributed by atoms with Crippen molar-refractivity contribution in [3.8, 4) is 0 Å². The van der Waals surface area contributed by atoms with Crippen molar-refractivity contribution in [3.63, 3.8) is 0 Å². The van der Waals surface area contributed by atoms with E-state index < -0.39 is 0 Å². The van der Waals surface area contributed by atoms with Gasteiger partial charge in [0.25, 0.3) is 0 Å². The zero-order valence-corrected chi connectivity index (χ0v) is 12.2. The molecule has 1 aromatic carbocycles. The van der Waals surface area contributed by atoms with Crippen molar-refractivity contribution in [1.82, 2.24) is 0 Å². The van der Waals surface area contributed by atoms with Gasteiger partial charge in [0.15, 0.2) is 5.78 Å². The van der Waals surface area contributed by atoms with Crippen LogP contribution >= 0.6 is 27.5 Å². The summed E-state index contributed by atoms with van der Waals surface area (Å²) >= 11 is 9.25. The second kappa shape index (κ2) is 5.33. The topological polar surface area (TPSA) is 17.1 Å². The van der Waals surface area contributed by atoms with E-state index in [9.17, 15) is 4.79 Å². The first kappa shape index (κ1) is 13.7. The van der Waals surface area contributed by atoms with Crippen molar-refractivity contribution in [1.29, 1.82) is 0 Å². The Balaban J connectivity index is 2.70. The van der Waals surface area contributed by atoms with Crippen LogP contribution in [0.5, 0.6) is 0 Å². The van der Waals surface area contributed by atoms with Gasteiger partial charge in [-0.1, -0.05) is 38.4 Å². The molecule has 0 unspecified atom stereocenters. The minimum atomic E-state index is 0.157. The quantitative estimate of drug-likeness (QED) is 0.709. The summed E-state index contributed by atoms with van der Waals surface area (Å²) in [7, 11) is 0. The summed E-state index contributed by atoms with van der Waals surface area (Å²) in [5, 5.41) is 0.585. The van der Waals surface area contributed by atoms with Crippen LogP contribution in [0.1, 0.15) is 44.0 Å². The summed E-state index contributed by atoms with van der Waals surface area (Å²) in [5.41, 5.74) is 0.881. The summed E-state index contributed by atoms with van der Waals surface area (Å²) in [6, 6.07) is 5.34. The summed E-state index contributed by atoms with van der Waals surface area (Å²) in [6.07, 6.45) is 1.46. The van der Waals surface area contributed by atoms with Crippen LogP contribution in [-0.2, 0) is 0 Å². The van der Waals surface area contributed by atoms with Gasteiger partial charge in [0.05, 0.1) is 5.02 Å². The van der Waals surface area contributed by atoms with Crippen molar-refractivity contribution >= 4 is 33.3 Å². The molecule has 0 atom stereocenters. The lowest BCUT2D eigenvalue weighted by Gasteiger charge is -2.17. The average molecular weight is 304 g/mol. The second-order valence-corrected chi connectivity index (χ2v) is 6.37. The molecule has 1 nitrogen and oxygen atoms in total. The average Bonchev–Trinajstić information content (AvgIpc) is 2.17. The maximum absolute atomic E-state index is 11.9. The minimum absolute atomic E-state index is 0.157. The number of ketones is 1. The second-order valence-electron chi connectivity index (χ2n) is 5.11. The van der Waals surface area contributed by atoms with E-state index in [4.69, 9.17) is 11.6 Å². The monoisotopic (exact) mass is 302 g/mol. The number of hydrogen-bond acceptors (Lipinski definition) is 1. The first-order valence-electron chi connectivity index (χ1n) is 5.28. The lowest BCUT2D eigenvalue weighted by atomic mass is 9.88. The molecule has 0 saturated carbocycles. The van der Waals surface area contributed by atoms with Crippen LogP contribution in [-0.4, -0.2) is 5.78 Å². The largest absolute Gasteiger partial charge is 0.294 e. The third-order valence-electron chi connectivity index (χ3n) is 2.34. The van der Waals surface area contributed by atoms with Crippen molar-refractivity contribution < 1.29 is 4.79 Å². The summed E-state index contributed by atoms with van der Waals surface area (Å²) < 4.78 is 0.821. The number of halogens is 2. The van der Waals surface area contributed by atoms with E-state index in [2.05, 4.69) is 36.7 Å². The molecular weight excluding hydrogens is 287 g/mol. The highest BCUT2D eigenvalue weighted by molar-refractivity contribution is 9.10. The SMILES string of the molecule is CC(C)(C)CCC(=O)c1ccc(Br)c(Cl)c1. The van der Waals surface area contributed by atoms with Gasteiger partial charge in [-0.25, -0.2) is 0 Å². The Kier molecular flexibility index (Phi) is 4.57. The number of benzene rings is 1. The fraction of sp³-hybridized carbons (Fsp3) is 0.462. The van der Waals surface area contributed by atoms with Gasteiger partial charge in [0.1, 0.15) is 0 Å². The Morgan fingerprint density at radius 3 is 2.50 bits per heavy atom. The van der Waals surface area contributed by atoms with Crippen molar-refractivity contribution in [2.24, 2.45) is 5.41 Å². The number of Topliss-reactive ketones (excluding diaryl/α,β-unsaturated/α-hetero) is 1. The van der Waals surface area contributed by atoms with Crippen molar-refractivity contribution in [2.45, 2.75) is 33.6 Å². The molecule has 0 amide bonds. The van der Waals surface area contributed by atoms with E-state index in [1.807, 2.05) is 6.07 Å². The van der Waals surface area contributed by atoms with Crippen LogP contribution in [0.3, 0.4) is 0 Å². The molecule has 0 aromatic heterocycles. The van der Waals surface area contributed by atoms with E-state index in [0.717, 1.165) is 10.9 Å². The first-order chi connectivity index (χ1) is 7.29. The van der Waals surface area contributed by atoms with Crippen LogP contribution in [0, 0.1) is 5.41 Å². The van der Waals surface area contributed by atoms with Crippen molar-refractivity contribution in [3.05, 3.63) is 33.3 Å². The molecular formula is C13H16BrClO. The first-order valence-corrected chi connectivity index (χ1v) is 6.45. The van der Waals surface area contributed by atoms with Gasteiger partial charge in [-0.15, -0.1) is 0 Å². The highest BCUT2D eigenvalue weighted by Gasteiger charge is 2.14. The van der Waals surface area contributed by atoms with Crippen molar-refractivity contribution in [2.75, 3.05) is 0 Å². The fourth-order valence-electron chi connectivity index (χ4n) is 1.30. The highest BCUT2D eigenvalue weighted by atomic mass is 79.9. The molecule has 1 rings (SSSR count). The molecule has 0 aliphatic heterocycles. The molecule has 3 heteroatoms. The molecule has 0 heterocycles. The molecule has 0 spiro atoms.